The summed E-state index contributed by atoms with van der Waals surface area (Å²) >= 11 is 0. The Labute approximate surface area is 203 Å². The summed E-state index contributed by atoms with van der Waals surface area (Å²) in [6.45, 7) is 4.37. The number of nitrogens with two attached hydrogens (primary N) is 1. The van der Waals surface area contributed by atoms with Gasteiger partial charge in [0, 0.05) is 38.6 Å². The Morgan fingerprint density at radius 1 is 0.743 bits per heavy atom. The maximum Gasteiger partial charge on any atom is 0.231 e. The van der Waals surface area contributed by atoms with Gasteiger partial charge in [0.05, 0.1) is 26.4 Å². The van der Waals surface area contributed by atoms with Crippen molar-refractivity contribution in [3.63, 3.8) is 0 Å². The first-order chi connectivity index (χ1) is 17.3. The third-order valence-corrected chi connectivity index (χ3v) is 4.89. The molecule has 0 fully saturated rings. The number of benzene rings is 1. The van der Waals surface area contributed by atoms with Gasteiger partial charge in [-0.1, -0.05) is 6.07 Å². The lowest BCUT2D eigenvalue weighted by atomic mass is 10.2. The molecule has 1 aromatic carbocycles. The summed E-state index contributed by atoms with van der Waals surface area (Å²) < 4.78 is 21.7. The molecule has 0 bridgehead atoms. The molecule has 0 radical (unpaired) electrons. The van der Waals surface area contributed by atoms with Crippen molar-refractivity contribution in [3.8, 4) is 11.5 Å². The number of nitrogens with zero attached hydrogens (tertiary/aromatic N) is 4. The van der Waals surface area contributed by atoms with Gasteiger partial charge in [0.1, 0.15) is 0 Å². The highest BCUT2D eigenvalue weighted by molar-refractivity contribution is 5.46. The van der Waals surface area contributed by atoms with E-state index in [-0.39, 0.29) is 6.79 Å². The van der Waals surface area contributed by atoms with Gasteiger partial charge in [-0.3, -0.25) is 4.98 Å². The Hall–Kier alpha value is -3.74. The van der Waals surface area contributed by atoms with Crippen LogP contribution < -0.4 is 31.2 Å². The molecule has 12 heteroatoms. The average Bonchev–Trinajstić information content (AvgIpc) is 3.36. The fourth-order valence-electron chi connectivity index (χ4n) is 3.17. The number of rotatable bonds is 15. The molecular weight excluding hydrogens is 452 g/mol. The Morgan fingerprint density at radius 2 is 1.40 bits per heavy atom. The molecule has 5 N–H and O–H groups in total. The van der Waals surface area contributed by atoms with E-state index in [0.717, 1.165) is 22.6 Å². The van der Waals surface area contributed by atoms with Crippen LogP contribution in [0.3, 0.4) is 0 Å². The highest BCUT2D eigenvalue weighted by Crippen LogP contribution is 2.32. The number of hydrogen-bond acceptors (Lipinski definition) is 12. The van der Waals surface area contributed by atoms with E-state index in [1.807, 2.05) is 30.3 Å². The Balaban J connectivity index is 1.34. The summed E-state index contributed by atoms with van der Waals surface area (Å²) in [5.41, 5.74) is 7.47. The van der Waals surface area contributed by atoms with E-state index in [0.29, 0.717) is 70.5 Å². The number of anilines is 3. The van der Waals surface area contributed by atoms with Crippen molar-refractivity contribution in [2.24, 2.45) is 5.73 Å². The zero-order valence-electron chi connectivity index (χ0n) is 19.4. The molecule has 1 aliphatic rings. The molecule has 0 saturated heterocycles. The largest absolute Gasteiger partial charge is 0.454 e. The zero-order valence-corrected chi connectivity index (χ0v) is 19.4. The molecule has 4 rings (SSSR count). The molecular formula is C23H30N8O4. The van der Waals surface area contributed by atoms with Gasteiger partial charge < -0.3 is 40.6 Å². The van der Waals surface area contributed by atoms with Crippen LogP contribution in [-0.2, 0) is 22.6 Å². The molecule has 35 heavy (non-hydrogen) atoms. The smallest absolute Gasteiger partial charge is 0.231 e. The molecule has 3 aromatic rings. The molecule has 1 aliphatic heterocycles. The van der Waals surface area contributed by atoms with Crippen LogP contribution >= 0.6 is 0 Å². The monoisotopic (exact) mass is 482 g/mol. The normalized spacial score (nSPS) is 11.9. The molecule has 0 unspecified atom stereocenters. The van der Waals surface area contributed by atoms with E-state index in [1.165, 1.54) is 0 Å². The second-order valence-electron chi connectivity index (χ2n) is 7.50. The molecule has 2 aromatic heterocycles. The minimum Gasteiger partial charge on any atom is -0.454 e. The fraction of sp³-hybridized carbons (Fsp3) is 0.391. The molecule has 0 atom stereocenters. The standard InChI is InChI=1S/C23H30N8O4/c24-5-9-32-11-12-33-10-8-26-21-29-22(27-14-17-3-6-25-7-4-17)31-23(30-21)28-15-18-1-2-19-20(13-18)35-16-34-19/h1-4,6-7,13H,5,8-12,14-16,24H2,(H3,26,27,28,29,30,31). The first-order valence-corrected chi connectivity index (χ1v) is 11.4. The van der Waals surface area contributed by atoms with Crippen LogP contribution in [0.5, 0.6) is 11.5 Å². The summed E-state index contributed by atoms with van der Waals surface area (Å²) in [6, 6.07) is 9.66. The van der Waals surface area contributed by atoms with Crippen molar-refractivity contribution < 1.29 is 18.9 Å². The summed E-state index contributed by atoms with van der Waals surface area (Å²) in [5, 5.41) is 9.68. The van der Waals surface area contributed by atoms with E-state index in [1.54, 1.807) is 12.4 Å². The number of nitrogens with one attached hydrogen (secondary N) is 3. The van der Waals surface area contributed by atoms with Gasteiger partial charge in [-0.05, 0) is 35.4 Å². The minimum atomic E-state index is 0.242. The number of fused-ring (bicyclic) bond motifs is 1. The zero-order chi connectivity index (χ0) is 24.1. The van der Waals surface area contributed by atoms with Gasteiger partial charge >= 0.3 is 0 Å². The van der Waals surface area contributed by atoms with Crippen LogP contribution in [0.4, 0.5) is 17.8 Å². The van der Waals surface area contributed by atoms with Gasteiger partial charge in [-0.15, -0.1) is 0 Å². The van der Waals surface area contributed by atoms with Gasteiger partial charge in [0.25, 0.3) is 0 Å². The summed E-state index contributed by atoms with van der Waals surface area (Å²) in [6.07, 6.45) is 3.49. The lowest BCUT2D eigenvalue weighted by Crippen LogP contribution is -2.17. The lowest BCUT2D eigenvalue weighted by molar-refractivity contribution is 0.0547. The van der Waals surface area contributed by atoms with Crippen LogP contribution in [0.15, 0.2) is 42.7 Å². The quantitative estimate of drug-likeness (QED) is 0.233. The van der Waals surface area contributed by atoms with E-state index in [2.05, 4.69) is 35.9 Å². The van der Waals surface area contributed by atoms with Gasteiger partial charge in [0.15, 0.2) is 11.5 Å². The molecule has 3 heterocycles. The maximum atomic E-state index is 5.55. The summed E-state index contributed by atoms with van der Waals surface area (Å²) in [7, 11) is 0. The third kappa shape index (κ3) is 7.91. The van der Waals surface area contributed by atoms with E-state index < -0.39 is 0 Å². The van der Waals surface area contributed by atoms with E-state index in [9.17, 15) is 0 Å². The molecule has 12 nitrogen and oxygen atoms in total. The van der Waals surface area contributed by atoms with E-state index >= 15 is 0 Å². The molecule has 186 valence electrons. The van der Waals surface area contributed by atoms with E-state index in [4.69, 9.17) is 24.7 Å². The molecule has 0 spiro atoms. The fourth-order valence-corrected chi connectivity index (χ4v) is 3.17. The SMILES string of the molecule is NCCOCCOCCNc1nc(NCc2ccncc2)nc(NCc2ccc3c(c2)OCO3)n1. The Kier molecular flexibility index (Phi) is 9.21. The summed E-state index contributed by atoms with van der Waals surface area (Å²) in [4.78, 5) is 17.5. The van der Waals surface area contributed by atoms with Crippen molar-refractivity contribution in [1.82, 2.24) is 19.9 Å². The summed E-state index contributed by atoms with van der Waals surface area (Å²) in [5.74, 6) is 2.80. The van der Waals surface area contributed by atoms with Gasteiger partial charge in [-0.25, -0.2) is 0 Å². The maximum absolute atomic E-state index is 5.55. The number of pyridine rings is 1. The van der Waals surface area contributed by atoms with Crippen molar-refractivity contribution >= 4 is 17.8 Å². The van der Waals surface area contributed by atoms with Crippen LogP contribution in [0.25, 0.3) is 0 Å². The highest BCUT2D eigenvalue weighted by atomic mass is 16.7. The Bertz CT molecular complexity index is 1060. The second-order valence-corrected chi connectivity index (χ2v) is 7.50. The Morgan fingerprint density at radius 3 is 2.14 bits per heavy atom. The van der Waals surface area contributed by atoms with Crippen molar-refractivity contribution in [3.05, 3.63) is 53.9 Å². The lowest BCUT2D eigenvalue weighted by Gasteiger charge is -2.12. The van der Waals surface area contributed by atoms with Crippen LogP contribution in [0.2, 0.25) is 0 Å². The molecule has 0 saturated carbocycles. The van der Waals surface area contributed by atoms with Gasteiger partial charge in [-0.2, -0.15) is 15.0 Å². The van der Waals surface area contributed by atoms with Crippen LogP contribution in [-0.4, -0.2) is 66.2 Å². The van der Waals surface area contributed by atoms with Crippen LogP contribution in [0, 0.1) is 0 Å². The average molecular weight is 483 g/mol. The first-order valence-electron chi connectivity index (χ1n) is 11.4. The topological polar surface area (TPSA) is 151 Å². The number of aromatic nitrogens is 4. The van der Waals surface area contributed by atoms with Gasteiger partial charge in [0.2, 0.25) is 24.6 Å². The van der Waals surface area contributed by atoms with Crippen molar-refractivity contribution in [2.75, 3.05) is 62.3 Å². The third-order valence-electron chi connectivity index (χ3n) is 4.89. The second kappa shape index (κ2) is 13.2. The molecule has 0 amide bonds. The first kappa shape index (κ1) is 24.4. The predicted octanol–water partition coefficient (Wildman–Crippen LogP) is 1.62. The van der Waals surface area contributed by atoms with Crippen LogP contribution in [0.1, 0.15) is 11.1 Å². The minimum absolute atomic E-state index is 0.242. The highest BCUT2D eigenvalue weighted by Gasteiger charge is 2.13. The van der Waals surface area contributed by atoms with Crippen molar-refractivity contribution in [2.45, 2.75) is 13.1 Å². The predicted molar refractivity (Wildman–Crippen MR) is 130 cm³/mol. The van der Waals surface area contributed by atoms with Crippen molar-refractivity contribution in [1.29, 1.82) is 0 Å². The molecule has 0 aliphatic carbocycles. The number of hydrogen-bond donors (Lipinski definition) is 4. The number of ether oxygens (including phenoxy) is 4.